The molecule has 0 unspecified atom stereocenters. The highest BCUT2D eigenvalue weighted by atomic mass is 16.5. The number of urea groups is 1. The molecule has 1 aliphatic rings. The van der Waals surface area contributed by atoms with Gasteiger partial charge in [-0.3, -0.25) is 9.58 Å². The minimum atomic E-state index is -0.552. The summed E-state index contributed by atoms with van der Waals surface area (Å²) in [5, 5.41) is 9.26. The van der Waals surface area contributed by atoms with Crippen LogP contribution in [0.1, 0.15) is 25.7 Å². The van der Waals surface area contributed by atoms with Crippen molar-refractivity contribution in [3.63, 3.8) is 0 Å². The number of aromatic nitrogens is 2. The molecule has 0 bridgehead atoms. The molecule has 0 atom stereocenters. The SMILES string of the molecule is NC(=O)N(c1ccc(Oc2ccccc2)cc1)c1ccc2nn(CCNC3CCCC3)cc2c1. The van der Waals surface area contributed by atoms with Gasteiger partial charge in [-0.05, 0) is 67.4 Å². The Morgan fingerprint density at radius 3 is 2.44 bits per heavy atom. The van der Waals surface area contributed by atoms with Crippen molar-refractivity contribution in [1.82, 2.24) is 15.1 Å². The molecule has 1 heterocycles. The van der Waals surface area contributed by atoms with Crippen molar-refractivity contribution in [2.45, 2.75) is 38.3 Å². The van der Waals surface area contributed by atoms with Gasteiger partial charge in [0.1, 0.15) is 11.5 Å². The number of ether oxygens (including phenoxy) is 1. The predicted molar refractivity (Wildman–Crippen MR) is 135 cm³/mol. The summed E-state index contributed by atoms with van der Waals surface area (Å²) in [4.78, 5) is 13.9. The Bertz CT molecular complexity index is 1250. The summed E-state index contributed by atoms with van der Waals surface area (Å²) < 4.78 is 7.81. The predicted octanol–water partition coefficient (Wildman–Crippen LogP) is 5.58. The maximum Gasteiger partial charge on any atom is 0.323 e. The Hall–Kier alpha value is -3.84. The highest BCUT2D eigenvalue weighted by Gasteiger charge is 2.17. The average molecular weight is 456 g/mol. The number of hydrogen-bond donors (Lipinski definition) is 2. The van der Waals surface area contributed by atoms with E-state index in [1.54, 1.807) is 0 Å². The molecule has 3 N–H and O–H groups in total. The average Bonchev–Trinajstić information content (AvgIpc) is 3.50. The minimum absolute atomic E-state index is 0.552. The summed E-state index contributed by atoms with van der Waals surface area (Å²) in [5.41, 5.74) is 8.02. The smallest absolute Gasteiger partial charge is 0.323 e. The van der Waals surface area contributed by atoms with Crippen molar-refractivity contribution in [2.75, 3.05) is 11.4 Å². The zero-order valence-corrected chi connectivity index (χ0v) is 19.1. The minimum Gasteiger partial charge on any atom is -0.457 e. The zero-order chi connectivity index (χ0) is 23.3. The van der Waals surface area contributed by atoms with Crippen molar-refractivity contribution >= 4 is 28.3 Å². The Balaban J connectivity index is 1.31. The van der Waals surface area contributed by atoms with Gasteiger partial charge < -0.3 is 15.8 Å². The lowest BCUT2D eigenvalue weighted by Crippen LogP contribution is -2.31. The van der Waals surface area contributed by atoms with Gasteiger partial charge >= 0.3 is 6.03 Å². The molecule has 0 spiro atoms. The third-order valence-corrected chi connectivity index (χ3v) is 6.22. The molecule has 0 radical (unpaired) electrons. The van der Waals surface area contributed by atoms with E-state index in [1.807, 2.05) is 83.7 Å². The van der Waals surface area contributed by atoms with Gasteiger partial charge in [0.2, 0.25) is 0 Å². The number of nitrogens with zero attached hydrogens (tertiary/aromatic N) is 3. The van der Waals surface area contributed by atoms with Crippen molar-refractivity contribution < 1.29 is 9.53 Å². The highest BCUT2D eigenvalue weighted by molar-refractivity contribution is 6.00. The first-order valence-electron chi connectivity index (χ1n) is 11.8. The lowest BCUT2D eigenvalue weighted by molar-refractivity contribution is 0.256. The molecular weight excluding hydrogens is 426 g/mol. The van der Waals surface area contributed by atoms with Crippen molar-refractivity contribution in [3.05, 3.63) is 79.0 Å². The lowest BCUT2D eigenvalue weighted by Gasteiger charge is -2.21. The van der Waals surface area contributed by atoms with Crippen LogP contribution < -0.4 is 20.7 Å². The fourth-order valence-electron chi connectivity index (χ4n) is 4.52. The number of rotatable bonds is 8. The lowest BCUT2D eigenvalue weighted by atomic mass is 10.2. The number of primary amides is 1. The molecule has 0 aliphatic heterocycles. The van der Waals surface area contributed by atoms with Gasteiger partial charge in [0.15, 0.2) is 0 Å². The molecular formula is C27H29N5O2. The van der Waals surface area contributed by atoms with Crippen LogP contribution in [-0.2, 0) is 6.54 Å². The summed E-state index contributed by atoms with van der Waals surface area (Å²) in [6, 6.07) is 22.7. The van der Waals surface area contributed by atoms with Gasteiger partial charge in [-0.25, -0.2) is 4.79 Å². The van der Waals surface area contributed by atoms with Crippen LogP contribution >= 0.6 is 0 Å². The largest absolute Gasteiger partial charge is 0.457 e. The van der Waals surface area contributed by atoms with E-state index in [-0.39, 0.29) is 0 Å². The summed E-state index contributed by atoms with van der Waals surface area (Å²) >= 11 is 0. The fraction of sp³-hybridized carbons (Fsp3) is 0.259. The number of carbonyl (C=O) groups excluding carboxylic acids is 1. The number of para-hydroxylation sites is 1. The third-order valence-electron chi connectivity index (χ3n) is 6.22. The van der Waals surface area contributed by atoms with Crippen LogP contribution in [0.25, 0.3) is 10.9 Å². The molecule has 7 heteroatoms. The van der Waals surface area contributed by atoms with Crippen LogP contribution in [0, 0.1) is 0 Å². The molecule has 1 saturated carbocycles. The van der Waals surface area contributed by atoms with Gasteiger partial charge in [0.25, 0.3) is 0 Å². The fourth-order valence-corrected chi connectivity index (χ4v) is 4.52. The van der Waals surface area contributed by atoms with E-state index < -0.39 is 6.03 Å². The number of fused-ring (bicyclic) bond motifs is 1. The van der Waals surface area contributed by atoms with Gasteiger partial charge in [-0.1, -0.05) is 31.0 Å². The molecule has 5 rings (SSSR count). The van der Waals surface area contributed by atoms with Crippen LogP contribution in [0.2, 0.25) is 0 Å². The Morgan fingerprint density at radius 2 is 1.71 bits per heavy atom. The van der Waals surface area contributed by atoms with E-state index >= 15 is 0 Å². The molecule has 2 amide bonds. The second-order valence-corrected chi connectivity index (χ2v) is 8.65. The Morgan fingerprint density at radius 1 is 1.00 bits per heavy atom. The molecule has 34 heavy (non-hydrogen) atoms. The molecule has 7 nitrogen and oxygen atoms in total. The number of benzene rings is 3. The van der Waals surface area contributed by atoms with Crippen molar-refractivity contribution in [3.8, 4) is 11.5 Å². The van der Waals surface area contributed by atoms with E-state index in [0.29, 0.717) is 23.2 Å². The van der Waals surface area contributed by atoms with E-state index in [1.165, 1.54) is 30.6 Å². The van der Waals surface area contributed by atoms with Crippen LogP contribution in [0.4, 0.5) is 16.2 Å². The van der Waals surface area contributed by atoms with Crippen LogP contribution in [0.5, 0.6) is 11.5 Å². The quantitative estimate of drug-likeness (QED) is 0.363. The first kappa shape index (κ1) is 22.0. The standard InChI is InChI=1S/C27H29N5O2/c28-27(33)32(22-10-13-25(14-11-22)34-24-8-2-1-3-9-24)23-12-15-26-20(18-23)19-31(30-26)17-16-29-21-6-4-5-7-21/h1-3,8-15,18-19,21,29H,4-7,16-17H2,(H2,28,33). The van der Waals surface area contributed by atoms with E-state index in [9.17, 15) is 4.79 Å². The van der Waals surface area contributed by atoms with E-state index in [0.717, 1.165) is 29.7 Å². The monoisotopic (exact) mass is 455 g/mol. The molecule has 3 aromatic carbocycles. The highest BCUT2D eigenvalue weighted by Crippen LogP contribution is 2.30. The van der Waals surface area contributed by atoms with Gasteiger partial charge in [-0.15, -0.1) is 0 Å². The maximum atomic E-state index is 12.4. The van der Waals surface area contributed by atoms with E-state index in [4.69, 9.17) is 10.5 Å². The van der Waals surface area contributed by atoms with Gasteiger partial charge in [0, 0.05) is 24.2 Å². The van der Waals surface area contributed by atoms with Crippen LogP contribution in [0.15, 0.2) is 79.0 Å². The first-order valence-corrected chi connectivity index (χ1v) is 11.8. The molecule has 1 aromatic heterocycles. The van der Waals surface area contributed by atoms with Crippen LogP contribution in [0.3, 0.4) is 0 Å². The number of carbonyl (C=O) groups is 1. The van der Waals surface area contributed by atoms with Gasteiger partial charge in [0.05, 0.1) is 23.4 Å². The number of amides is 2. The molecule has 174 valence electrons. The second-order valence-electron chi connectivity index (χ2n) is 8.65. The zero-order valence-electron chi connectivity index (χ0n) is 19.1. The summed E-state index contributed by atoms with van der Waals surface area (Å²) in [6.45, 7) is 1.71. The second kappa shape index (κ2) is 9.97. The maximum absolute atomic E-state index is 12.4. The van der Waals surface area contributed by atoms with Gasteiger partial charge in [-0.2, -0.15) is 5.10 Å². The number of hydrogen-bond acceptors (Lipinski definition) is 4. The summed E-state index contributed by atoms with van der Waals surface area (Å²) in [6.07, 6.45) is 7.21. The molecule has 1 fully saturated rings. The molecule has 4 aromatic rings. The number of nitrogens with two attached hydrogens (primary N) is 1. The first-order chi connectivity index (χ1) is 16.7. The number of anilines is 2. The topological polar surface area (TPSA) is 85.4 Å². The molecule has 0 saturated heterocycles. The molecule has 1 aliphatic carbocycles. The Kier molecular flexibility index (Phi) is 6.44. The van der Waals surface area contributed by atoms with Crippen LogP contribution in [-0.4, -0.2) is 28.4 Å². The van der Waals surface area contributed by atoms with Crippen molar-refractivity contribution in [1.29, 1.82) is 0 Å². The van der Waals surface area contributed by atoms with Crippen molar-refractivity contribution in [2.24, 2.45) is 5.73 Å². The Labute approximate surface area is 199 Å². The normalized spacial score (nSPS) is 13.9. The summed E-state index contributed by atoms with van der Waals surface area (Å²) in [7, 11) is 0. The number of nitrogens with one attached hydrogen (secondary N) is 1. The third kappa shape index (κ3) is 5.05. The van der Waals surface area contributed by atoms with E-state index in [2.05, 4.69) is 10.4 Å². The summed E-state index contributed by atoms with van der Waals surface area (Å²) in [5.74, 6) is 1.44.